The number of unbranched alkanes of at least 4 members (excludes halogenated alkanes) is 4. The summed E-state index contributed by atoms with van der Waals surface area (Å²) in [6.45, 7) is 6.77. The van der Waals surface area contributed by atoms with Crippen molar-refractivity contribution >= 4 is 22.5 Å². The predicted octanol–water partition coefficient (Wildman–Crippen LogP) is 6.88. The zero-order valence-corrected chi connectivity index (χ0v) is 29.7. The van der Waals surface area contributed by atoms with Gasteiger partial charge in [0.2, 0.25) is 5.43 Å². The number of anilines is 1. The maximum atomic E-state index is 14.1. The van der Waals surface area contributed by atoms with Crippen molar-refractivity contribution in [1.29, 1.82) is 0 Å². The van der Waals surface area contributed by atoms with E-state index in [1.54, 1.807) is 47.9 Å². The van der Waals surface area contributed by atoms with Crippen molar-refractivity contribution in [2.24, 2.45) is 5.92 Å². The van der Waals surface area contributed by atoms with Gasteiger partial charge in [-0.05, 0) is 50.5 Å². The van der Waals surface area contributed by atoms with E-state index in [4.69, 9.17) is 14.2 Å². The number of rotatable bonds is 15. The van der Waals surface area contributed by atoms with Crippen LogP contribution >= 0.6 is 0 Å². The molecule has 0 spiro atoms. The minimum absolute atomic E-state index is 0.00713. The van der Waals surface area contributed by atoms with Crippen molar-refractivity contribution in [1.82, 2.24) is 4.57 Å². The van der Waals surface area contributed by atoms with E-state index in [0.29, 0.717) is 41.0 Å². The van der Waals surface area contributed by atoms with E-state index in [2.05, 4.69) is 0 Å². The number of methoxy groups -OCH3 is 2. The molecule has 11 heteroatoms. The lowest BCUT2D eigenvalue weighted by Crippen LogP contribution is -2.63. The quantitative estimate of drug-likeness (QED) is 0.107. The summed E-state index contributed by atoms with van der Waals surface area (Å²) in [7, 11) is 3.07. The number of halogens is 2. The molecule has 4 heterocycles. The number of fused-ring (bicyclic) bond motifs is 4. The lowest BCUT2D eigenvalue weighted by atomic mass is 9.83. The number of hydrogen-bond acceptors (Lipinski definition) is 6. The summed E-state index contributed by atoms with van der Waals surface area (Å²) >= 11 is 0. The first-order valence-electron chi connectivity index (χ1n) is 18.0. The van der Waals surface area contributed by atoms with E-state index in [1.807, 2.05) is 0 Å². The van der Waals surface area contributed by atoms with Gasteiger partial charge >= 0.3 is 0 Å². The summed E-state index contributed by atoms with van der Waals surface area (Å²) in [5, 5.41) is 10.6. The molecule has 4 aromatic rings. The van der Waals surface area contributed by atoms with Crippen LogP contribution in [0.2, 0.25) is 0 Å². The highest BCUT2D eigenvalue weighted by atomic mass is 19.1. The van der Waals surface area contributed by atoms with Crippen LogP contribution in [-0.2, 0) is 0 Å². The smallest absolute Gasteiger partial charge is 0.263 e. The number of aliphatic hydroxyl groups excluding tert-OH is 1. The summed E-state index contributed by atoms with van der Waals surface area (Å²) in [5.74, 6) is -0.243. The van der Waals surface area contributed by atoms with Crippen LogP contribution in [0.25, 0.3) is 16.6 Å². The SMILES string of the molecule is CCN(C(=O)c1cn(-c2cc(OC)cc(OC)c2)c2cc(OCCCCCCC[N+]34CCC(CC3)C(O)C4)ccc2c1=O)c1cc(F)cc(F)c1. The van der Waals surface area contributed by atoms with E-state index in [-0.39, 0.29) is 29.3 Å². The largest absolute Gasteiger partial charge is 0.497 e. The van der Waals surface area contributed by atoms with Crippen LogP contribution in [0.3, 0.4) is 0 Å². The minimum Gasteiger partial charge on any atom is -0.497 e. The molecule has 272 valence electrons. The van der Waals surface area contributed by atoms with Gasteiger partial charge in [-0.25, -0.2) is 8.78 Å². The van der Waals surface area contributed by atoms with Crippen molar-refractivity contribution in [3.05, 3.63) is 88.2 Å². The molecule has 2 bridgehead atoms. The Morgan fingerprint density at radius 1 is 0.902 bits per heavy atom. The first-order valence-corrected chi connectivity index (χ1v) is 18.0. The van der Waals surface area contributed by atoms with Gasteiger partial charge in [0.25, 0.3) is 5.91 Å². The van der Waals surface area contributed by atoms with Gasteiger partial charge in [-0.1, -0.05) is 12.8 Å². The number of piperidine rings is 3. The average Bonchev–Trinajstić information content (AvgIpc) is 3.12. The average molecular weight is 705 g/mol. The van der Waals surface area contributed by atoms with E-state index in [0.717, 1.165) is 74.3 Å². The summed E-state index contributed by atoms with van der Waals surface area (Å²) in [6, 6.07) is 13.2. The Bertz CT molecular complexity index is 1880. The van der Waals surface area contributed by atoms with Crippen LogP contribution in [0.4, 0.5) is 14.5 Å². The Labute approximate surface area is 297 Å². The normalized spacial score (nSPS) is 19.6. The molecule has 3 fully saturated rings. The van der Waals surface area contributed by atoms with Crippen LogP contribution in [0, 0.1) is 17.6 Å². The third-order valence-corrected chi connectivity index (χ3v) is 10.7. The maximum absolute atomic E-state index is 14.1. The molecule has 3 saturated heterocycles. The van der Waals surface area contributed by atoms with Gasteiger partial charge in [-0.3, -0.25) is 9.59 Å². The standard InChI is InChI=1S/C40H48F2N3O6/c1-4-43(30-19-28(41)18-29(42)20-30)40(48)36-25-44(31-21-33(49-2)23-34(22-31)50-3)37-24-32(10-11-35(37)39(36)47)51-17-9-7-5-6-8-14-45-15-12-27(13-16-45)38(46)26-45/h10-11,18-25,27,38,46H,4-9,12-17,26H2,1-3H3/q+1. The predicted molar refractivity (Wildman–Crippen MR) is 193 cm³/mol. The second-order valence-corrected chi connectivity index (χ2v) is 13.9. The lowest BCUT2D eigenvalue weighted by molar-refractivity contribution is -0.946. The Hall–Kier alpha value is -4.48. The van der Waals surface area contributed by atoms with Gasteiger partial charge in [0.05, 0.1) is 51.7 Å². The highest BCUT2D eigenvalue weighted by Crippen LogP contribution is 2.34. The van der Waals surface area contributed by atoms with Crippen LogP contribution < -0.4 is 24.5 Å². The van der Waals surface area contributed by atoms with Crippen molar-refractivity contribution < 1.29 is 37.4 Å². The van der Waals surface area contributed by atoms with E-state index < -0.39 is 23.0 Å². The Kier molecular flexibility index (Phi) is 11.3. The topological polar surface area (TPSA) is 90.2 Å². The fourth-order valence-electron chi connectivity index (χ4n) is 7.81. The molecule has 1 aromatic heterocycles. The number of aliphatic hydroxyl groups is 1. The van der Waals surface area contributed by atoms with Crippen LogP contribution in [0.5, 0.6) is 17.2 Å². The Morgan fingerprint density at radius 3 is 2.22 bits per heavy atom. The number of aromatic nitrogens is 1. The molecule has 3 aliphatic rings. The lowest BCUT2D eigenvalue weighted by Gasteiger charge is -2.51. The number of amides is 1. The number of hydrogen-bond donors (Lipinski definition) is 1. The molecule has 3 aliphatic heterocycles. The summed E-state index contributed by atoms with van der Waals surface area (Å²) < 4.78 is 48.2. The number of nitrogens with zero attached hydrogens (tertiary/aromatic N) is 3. The van der Waals surface area contributed by atoms with Crippen molar-refractivity contribution in [2.75, 3.05) is 58.5 Å². The van der Waals surface area contributed by atoms with E-state index >= 15 is 0 Å². The zero-order chi connectivity index (χ0) is 36.1. The molecule has 1 atom stereocenters. The van der Waals surface area contributed by atoms with Gasteiger partial charge in [0.1, 0.15) is 47.1 Å². The van der Waals surface area contributed by atoms with E-state index in [9.17, 15) is 23.5 Å². The molecule has 0 saturated carbocycles. The molecule has 3 aromatic carbocycles. The molecule has 7 rings (SSSR count). The van der Waals surface area contributed by atoms with Crippen molar-refractivity contribution in [3.8, 4) is 22.9 Å². The fourth-order valence-corrected chi connectivity index (χ4v) is 7.81. The van der Waals surface area contributed by atoms with Crippen molar-refractivity contribution in [3.63, 3.8) is 0 Å². The summed E-state index contributed by atoms with van der Waals surface area (Å²) in [6.07, 6.45) is 9.03. The number of carbonyl (C=O) groups is 1. The molecule has 9 nitrogen and oxygen atoms in total. The van der Waals surface area contributed by atoms with Gasteiger partial charge in [-0.15, -0.1) is 0 Å². The van der Waals surface area contributed by atoms with Crippen molar-refractivity contribution in [2.45, 2.75) is 58.0 Å². The Morgan fingerprint density at radius 2 is 1.57 bits per heavy atom. The van der Waals surface area contributed by atoms with Gasteiger partial charge in [-0.2, -0.15) is 0 Å². The molecule has 0 aliphatic carbocycles. The van der Waals surface area contributed by atoms with Crippen LogP contribution in [-0.4, -0.2) is 79.7 Å². The van der Waals surface area contributed by atoms with Gasteiger partial charge in [0, 0.05) is 72.9 Å². The monoisotopic (exact) mass is 704 g/mol. The number of benzene rings is 3. The number of ether oxygens (including phenoxy) is 3. The second kappa shape index (κ2) is 15.8. The maximum Gasteiger partial charge on any atom is 0.263 e. The number of quaternary nitrogens is 1. The number of carbonyl (C=O) groups excluding carboxylic acids is 1. The van der Waals surface area contributed by atoms with E-state index in [1.165, 1.54) is 44.8 Å². The first-order chi connectivity index (χ1) is 24.6. The summed E-state index contributed by atoms with van der Waals surface area (Å²) in [5.41, 5.74) is 0.389. The minimum atomic E-state index is -0.829. The highest BCUT2D eigenvalue weighted by molar-refractivity contribution is 6.07. The second-order valence-electron chi connectivity index (χ2n) is 13.9. The molecule has 0 radical (unpaired) electrons. The number of pyridine rings is 1. The zero-order valence-electron chi connectivity index (χ0n) is 29.7. The molecular weight excluding hydrogens is 656 g/mol. The molecule has 1 amide bonds. The highest BCUT2D eigenvalue weighted by Gasteiger charge is 2.44. The molecule has 1 N–H and O–H groups in total. The Balaban J connectivity index is 1.20. The summed E-state index contributed by atoms with van der Waals surface area (Å²) in [4.78, 5) is 29.0. The third-order valence-electron chi connectivity index (χ3n) is 10.7. The first kappa shape index (κ1) is 36.3. The third kappa shape index (κ3) is 8.05. The van der Waals surface area contributed by atoms with Crippen LogP contribution in [0.15, 0.2) is 65.6 Å². The molecule has 51 heavy (non-hydrogen) atoms. The van der Waals surface area contributed by atoms with Gasteiger partial charge < -0.3 is 33.3 Å². The molecule has 1 unspecified atom stereocenters. The van der Waals surface area contributed by atoms with Gasteiger partial charge in [0.15, 0.2) is 0 Å². The molecular formula is C40H48F2N3O6+. The fraction of sp³-hybridized carbons (Fsp3) is 0.450. The van der Waals surface area contributed by atoms with Crippen LogP contribution in [0.1, 0.15) is 62.2 Å².